The molecular weight excluding hydrogens is 238 g/mol. The number of pyridine rings is 1. The molecule has 0 aliphatic heterocycles. The molecule has 0 amide bonds. The van der Waals surface area contributed by atoms with Crippen molar-refractivity contribution in [2.45, 2.75) is 25.4 Å². The summed E-state index contributed by atoms with van der Waals surface area (Å²) in [6.45, 7) is 1.60. The predicted octanol–water partition coefficient (Wildman–Crippen LogP) is 1.77. The number of fused-ring (bicyclic) bond motifs is 1. The molecule has 1 saturated carbocycles. The summed E-state index contributed by atoms with van der Waals surface area (Å²) >= 11 is 0. The van der Waals surface area contributed by atoms with Crippen LogP contribution in [-0.2, 0) is 6.54 Å². The molecule has 0 unspecified atom stereocenters. The molecule has 2 aromatic heterocycles. The minimum atomic E-state index is 0.172. The quantitative estimate of drug-likeness (QED) is 0.886. The number of aliphatic hydroxyl groups is 1. The molecule has 1 aliphatic rings. The van der Waals surface area contributed by atoms with E-state index in [9.17, 15) is 5.26 Å². The van der Waals surface area contributed by atoms with Crippen molar-refractivity contribution in [3.63, 3.8) is 0 Å². The summed E-state index contributed by atoms with van der Waals surface area (Å²) in [6.07, 6.45) is 6.40. The van der Waals surface area contributed by atoms with Gasteiger partial charge < -0.3 is 9.51 Å². The molecule has 4 heteroatoms. The third kappa shape index (κ3) is 2.35. The average molecular weight is 255 g/mol. The molecule has 3 rings (SSSR count). The van der Waals surface area contributed by atoms with Crippen LogP contribution < -0.4 is 0 Å². The Hall–Kier alpha value is -1.83. The zero-order valence-electron chi connectivity index (χ0n) is 10.8. The van der Waals surface area contributed by atoms with Gasteiger partial charge in [-0.3, -0.25) is 4.90 Å². The van der Waals surface area contributed by atoms with Gasteiger partial charge in [-0.25, -0.2) is 0 Å². The van der Waals surface area contributed by atoms with Gasteiger partial charge >= 0.3 is 0 Å². The first-order chi connectivity index (χ1) is 9.33. The van der Waals surface area contributed by atoms with E-state index < -0.39 is 0 Å². The highest BCUT2D eigenvalue weighted by Gasteiger charge is 2.29. The first kappa shape index (κ1) is 12.2. The zero-order chi connectivity index (χ0) is 13.2. The number of nitriles is 1. The SMILES string of the molecule is N#Cc1c(CN(CCO)C2CC2)cn2ccccc12. The minimum absolute atomic E-state index is 0.172. The summed E-state index contributed by atoms with van der Waals surface area (Å²) in [6, 6.07) is 8.78. The van der Waals surface area contributed by atoms with Crippen molar-refractivity contribution in [1.29, 1.82) is 5.26 Å². The van der Waals surface area contributed by atoms with Gasteiger partial charge in [-0.1, -0.05) is 6.07 Å². The predicted molar refractivity (Wildman–Crippen MR) is 72.6 cm³/mol. The lowest BCUT2D eigenvalue weighted by atomic mass is 10.1. The van der Waals surface area contributed by atoms with E-state index in [0.717, 1.165) is 23.2 Å². The van der Waals surface area contributed by atoms with Crippen LogP contribution in [0.2, 0.25) is 0 Å². The summed E-state index contributed by atoms with van der Waals surface area (Å²) in [5.41, 5.74) is 2.76. The second kappa shape index (κ2) is 5.04. The Morgan fingerprint density at radius 2 is 2.26 bits per heavy atom. The fourth-order valence-electron chi connectivity index (χ4n) is 2.60. The smallest absolute Gasteiger partial charge is 0.102 e. The van der Waals surface area contributed by atoms with Crippen molar-refractivity contribution >= 4 is 5.52 Å². The minimum Gasteiger partial charge on any atom is -0.395 e. The fourth-order valence-corrected chi connectivity index (χ4v) is 2.60. The third-order valence-electron chi connectivity index (χ3n) is 3.70. The van der Waals surface area contributed by atoms with Crippen LogP contribution in [0.5, 0.6) is 0 Å². The van der Waals surface area contributed by atoms with Gasteiger partial charge in [0.1, 0.15) is 6.07 Å². The van der Waals surface area contributed by atoms with Crippen LogP contribution in [0.3, 0.4) is 0 Å². The molecular formula is C15H17N3O. The number of nitrogens with zero attached hydrogens (tertiary/aromatic N) is 3. The van der Waals surface area contributed by atoms with Crippen molar-refractivity contribution in [2.75, 3.05) is 13.2 Å². The van der Waals surface area contributed by atoms with E-state index in [2.05, 4.69) is 11.0 Å². The third-order valence-corrected chi connectivity index (χ3v) is 3.70. The Morgan fingerprint density at radius 1 is 1.42 bits per heavy atom. The number of hydrogen-bond acceptors (Lipinski definition) is 3. The summed E-state index contributed by atoms with van der Waals surface area (Å²) in [4.78, 5) is 2.27. The maximum Gasteiger partial charge on any atom is 0.102 e. The van der Waals surface area contributed by atoms with Gasteiger partial charge in [0.05, 0.1) is 17.7 Å². The van der Waals surface area contributed by atoms with Gasteiger partial charge in [0.15, 0.2) is 0 Å². The number of aromatic nitrogens is 1. The summed E-state index contributed by atoms with van der Waals surface area (Å²) in [7, 11) is 0. The highest BCUT2D eigenvalue weighted by atomic mass is 16.3. The normalized spacial score (nSPS) is 15.0. The summed E-state index contributed by atoms with van der Waals surface area (Å²) < 4.78 is 2.00. The Kier molecular flexibility index (Phi) is 3.24. The van der Waals surface area contributed by atoms with Crippen LogP contribution in [0.1, 0.15) is 24.0 Å². The van der Waals surface area contributed by atoms with Crippen LogP contribution >= 0.6 is 0 Å². The second-order valence-corrected chi connectivity index (χ2v) is 5.06. The maximum absolute atomic E-state index is 9.37. The highest BCUT2D eigenvalue weighted by molar-refractivity contribution is 5.65. The van der Waals surface area contributed by atoms with E-state index in [4.69, 9.17) is 5.11 Å². The molecule has 0 radical (unpaired) electrons. The van der Waals surface area contributed by atoms with Crippen LogP contribution in [0, 0.1) is 11.3 Å². The monoisotopic (exact) mass is 255 g/mol. The van der Waals surface area contributed by atoms with Crippen molar-refractivity contribution in [3.05, 3.63) is 41.7 Å². The zero-order valence-corrected chi connectivity index (χ0v) is 10.8. The molecule has 0 saturated heterocycles. The molecule has 0 aromatic carbocycles. The number of aliphatic hydroxyl groups excluding tert-OH is 1. The van der Waals surface area contributed by atoms with Crippen molar-refractivity contribution in [3.8, 4) is 6.07 Å². The molecule has 19 heavy (non-hydrogen) atoms. The van der Waals surface area contributed by atoms with E-state index >= 15 is 0 Å². The molecule has 0 atom stereocenters. The fraction of sp³-hybridized carbons (Fsp3) is 0.400. The number of rotatable bonds is 5. The first-order valence-corrected chi connectivity index (χ1v) is 6.67. The van der Waals surface area contributed by atoms with Gasteiger partial charge in [-0.15, -0.1) is 0 Å². The van der Waals surface area contributed by atoms with Gasteiger partial charge in [0.2, 0.25) is 0 Å². The van der Waals surface area contributed by atoms with E-state index in [0.29, 0.717) is 12.6 Å². The van der Waals surface area contributed by atoms with Crippen LogP contribution in [0.25, 0.3) is 5.52 Å². The molecule has 4 nitrogen and oxygen atoms in total. The molecule has 1 aliphatic carbocycles. The molecule has 98 valence electrons. The average Bonchev–Trinajstić information content (AvgIpc) is 3.20. The molecule has 0 bridgehead atoms. The van der Waals surface area contributed by atoms with E-state index in [1.807, 2.05) is 35.0 Å². The van der Waals surface area contributed by atoms with Gasteiger partial charge in [-0.2, -0.15) is 5.26 Å². The highest BCUT2D eigenvalue weighted by Crippen LogP contribution is 2.29. The second-order valence-electron chi connectivity index (χ2n) is 5.06. The number of hydrogen-bond donors (Lipinski definition) is 1. The van der Waals surface area contributed by atoms with Crippen molar-refractivity contribution in [1.82, 2.24) is 9.30 Å². The largest absolute Gasteiger partial charge is 0.395 e. The topological polar surface area (TPSA) is 51.7 Å². The molecule has 2 aromatic rings. The summed E-state index contributed by atoms with van der Waals surface area (Å²) in [5.74, 6) is 0. The molecule has 1 N–H and O–H groups in total. The van der Waals surface area contributed by atoms with Gasteiger partial charge in [-0.05, 0) is 25.0 Å². The van der Waals surface area contributed by atoms with Crippen molar-refractivity contribution < 1.29 is 5.11 Å². The lowest BCUT2D eigenvalue weighted by molar-refractivity contribution is 0.183. The lowest BCUT2D eigenvalue weighted by Crippen LogP contribution is -2.28. The molecule has 2 heterocycles. The van der Waals surface area contributed by atoms with E-state index in [1.54, 1.807) is 0 Å². The molecule has 1 fully saturated rings. The standard InChI is InChI=1S/C15H17N3O/c16-9-14-12(10-17(7-8-19)13-4-5-13)11-18-6-2-1-3-15(14)18/h1-3,6,11,13,19H,4-5,7-8,10H2. The Balaban J connectivity index is 1.93. The maximum atomic E-state index is 9.37. The summed E-state index contributed by atoms with van der Waals surface area (Å²) in [5, 5.41) is 18.5. The van der Waals surface area contributed by atoms with Crippen LogP contribution in [0.4, 0.5) is 0 Å². The van der Waals surface area contributed by atoms with E-state index in [-0.39, 0.29) is 6.61 Å². The van der Waals surface area contributed by atoms with Crippen molar-refractivity contribution in [2.24, 2.45) is 0 Å². The van der Waals surface area contributed by atoms with Gasteiger partial charge in [0, 0.05) is 37.1 Å². The Morgan fingerprint density at radius 3 is 2.95 bits per heavy atom. The Labute approximate surface area is 112 Å². The first-order valence-electron chi connectivity index (χ1n) is 6.67. The lowest BCUT2D eigenvalue weighted by Gasteiger charge is -2.20. The van der Waals surface area contributed by atoms with Gasteiger partial charge in [0.25, 0.3) is 0 Å². The van der Waals surface area contributed by atoms with E-state index in [1.165, 1.54) is 12.8 Å². The Bertz CT molecular complexity index is 622. The van der Waals surface area contributed by atoms with Crippen LogP contribution in [0.15, 0.2) is 30.6 Å². The van der Waals surface area contributed by atoms with Crippen LogP contribution in [-0.4, -0.2) is 33.6 Å². The molecule has 0 spiro atoms.